The summed E-state index contributed by atoms with van der Waals surface area (Å²) in [6.07, 6.45) is 5.66. The molecule has 0 aromatic heterocycles. The predicted octanol–water partition coefficient (Wildman–Crippen LogP) is 2.78. The minimum atomic E-state index is -0.840. The molecule has 108 valence electrons. The van der Waals surface area contributed by atoms with Gasteiger partial charge in [-0.1, -0.05) is 50.3 Å². The van der Waals surface area contributed by atoms with E-state index in [0.29, 0.717) is 6.42 Å². The molecule has 1 fully saturated rings. The van der Waals surface area contributed by atoms with E-state index in [9.17, 15) is 9.59 Å². The molecule has 0 amide bonds. The molecule has 1 heterocycles. The highest BCUT2D eigenvalue weighted by molar-refractivity contribution is 6.07. The maximum Gasteiger partial charge on any atom is 0.326 e. The number of esters is 2. The normalized spacial score (nSPS) is 40.3. The van der Waals surface area contributed by atoms with E-state index in [1.165, 1.54) is 5.56 Å². The van der Waals surface area contributed by atoms with E-state index in [1.54, 1.807) is 0 Å². The molecule has 3 heteroatoms. The molecule has 0 saturated carbocycles. The van der Waals surface area contributed by atoms with Gasteiger partial charge in [-0.15, -0.1) is 0 Å². The van der Waals surface area contributed by atoms with Crippen molar-refractivity contribution in [3.05, 3.63) is 47.5 Å². The number of carbonyl (C=O) groups excluding carboxylic acids is 2. The maximum atomic E-state index is 12.8. The lowest BCUT2D eigenvalue weighted by atomic mass is 9.45. The van der Waals surface area contributed by atoms with Crippen molar-refractivity contribution in [1.82, 2.24) is 0 Å². The van der Waals surface area contributed by atoms with Crippen LogP contribution in [0.2, 0.25) is 0 Å². The van der Waals surface area contributed by atoms with Crippen molar-refractivity contribution < 1.29 is 14.3 Å². The average Bonchev–Trinajstić information content (AvgIpc) is 2.74. The number of allylic oxidation sites excluding steroid dienone is 2. The Morgan fingerprint density at radius 2 is 1.76 bits per heavy atom. The zero-order chi connectivity index (χ0) is 14.8. The number of fused-ring (bicyclic) bond motifs is 1. The van der Waals surface area contributed by atoms with E-state index in [0.717, 1.165) is 12.0 Å². The van der Waals surface area contributed by atoms with Gasteiger partial charge >= 0.3 is 11.9 Å². The van der Waals surface area contributed by atoms with Gasteiger partial charge in [-0.05, 0) is 35.8 Å². The molecule has 1 aromatic carbocycles. The minimum Gasteiger partial charge on any atom is -0.392 e. The molecule has 1 saturated heterocycles. The van der Waals surface area contributed by atoms with Crippen LogP contribution in [0.15, 0.2) is 36.4 Å². The topological polar surface area (TPSA) is 43.4 Å². The highest BCUT2D eigenvalue weighted by atomic mass is 16.6. The molecule has 0 N–H and O–H groups in total. The number of hydrogen-bond donors (Lipinski definition) is 0. The van der Waals surface area contributed by atoms with Crippen LogP contribution in [0, 0.1) is 17.3 Å². The van der Waals surface area contributed by atoms with Crippen molar-refractivity contribution in [3.8, 4) is 0 Å². The van der Waals surface area contributed by atoms with E-state index in [4.69, 9.17) is 4.74 Å². The first kappa shape index (κ1) is 12.8. The molecule has 0 unspecified atom stereocenters. The monoisotopic (exact) mass is 282 g/mol. The molecule has 4 atom stereocenters. The lowest BCUT2D eigenvalue weighted by molar-refractivity contribution is -0.156. The van der Waals surface area contributed by atoms with Crippen LogP contribution in [-0.2, 0) is 26.2 Å². The Hall–Kier alpha value is -1.90. The number of carbonyl (C=O) groups is 2. The van der Waals surface area contributed by atoms with Gasteiger partial charge in [0, 0.05) is 0 Å². The van der Waals surface area contributed by atoms with Crippen LogP contribution in [-0.4, -0.2) is 11.9 Å². The second kappa shape index (κ2) is 3.85. The Morgan fingerprint density at radius 3 is 2.57 bits per heavy atom. The molecule has 0 radical (unpaired) electrons. The van der Waals surface area contributed by atoms with Crippen molar-refractivity contribution in [2.45, 2.75) is 32.1 Å². The predicted molar refractivity (Wildman–Crippen MR) is 77.4 cm³/mol. The SMILES string of the molecule is C[C@@H]1C=C[C@H](C)[C@@]23C(=O)OC(=O)[C@@]12CCc1ccccc13. The van der Waals surface area contributed by atoms with Gasteiger partial charge in [-0.3, -0.25) is 9.59 Å². The first-order valence-electron chi connectivity index (χ1n) is 7.58. The molecule has 0 bridgehead atoms. The molecular formula is C18H18O3. The molecular weight excluding hydrogens is 264 g/mol. The van der Waals surface area contributed by atoms with Crippen molar-refractivity contribution in [2.24, 2.45) is 17.3 Å². The van der Waals surface area contributed by atoms with Gasteiger partial charge in [-0.2, -0.15) is 0 Å². The lowest BCUT2D eigenvalue weighted by Gasteiger charge is -2.52. The van der Waals surface area contributed by atoms with Crippen molar-refractivity contribution in [1.29, 1.82) is 0 Å². The summed E-state index contributed by atoms with van der Waals surface area (Å²) in [6.45, 7) is 4.06. The fourth-order valence-corrected chi connectivity index (χ4v) is 4.96. The van der Waals surface area contributed by atoms with Crippen LogP contribution < -0.4 is 0 Å². The van der Waals surface area contributed by atoms with E-state index < -0.39 is 10.8 Å². The van der Waals surface area contributed by atoms with Gasteiger partial charge in [0.1, 0.15) is 5.41 Å². The van der Waals surface area contributed by atoms with E-state index in [2.05, 4.69) is 18.2 Å². The number of ether oxygens (including phenoxy) is 1. The van der Waals surface area contributed by atoms with Crippen LogP contribution in [0.25, 0.3) is 0 Å². The Balaban J connectivity index is 2.12. The number of cyclic esters (lactones) is 2. The molecule has 0 spiro atoms. The first-order chi connectivity index (χ1) is 10.0. The zero-order valence-electron chi connectivity index (χ0n) is 12.3. The summed E-state index contributed by atoms with van der Waals surface area (Å²) in [5.41, 5.74) is 0.601. The second-order valence-corrected chi connectivity index (χ2v) is 6.58. The second-order valence-electron chi connectivity index (χ2n) is 6.58. The van der Waals surface area contributed by atoms with Crippen LogP contribution >= 0.6 is 0 Å². The van der Waals surface area contributed by atoms with Gasteiger partial charge in [0.2, 0.25) is 0 Å². The molecule has 21 heavy (non-hydrogen) atoms. The Labute approximate surface area is 124 Å². The van der Waals surface area contributed by atoms with Gasteiger partial charge < -0.3 is 4.74 Å². The van der Waals surface area contributed by atoms with Gasteiger partial charge in [0.05, 0.1) is 5.41 Å². The van der Waals surface area contributed by atoms with Crippen LogP contribution in [0.3, 0.4) is 0 Å². The molecule has 3 aliphatic rings. The Kier molecular flexibility index (Phi) is 2.35. The Bertz CT molecular complexity index is 689. The third-order valence-corrected chi connectivity index (χ3v) is 5.95. The van der Waals surface area contributed by atoms with Gasteiger partial charge in [0.25, 0.3) is 0 Å². The summed E-state index contributed by atoms with van der Waals surface area (Å²) in [5, 5.41) is 0. The van der Waals surface area contributed by atoms with E-state index in [1.807, 2.05) is 32.0 Å². The third-order valence-electron chi connectivity index (χ3n) is 5.95. The first-order valence-corrected chi connectivity index (χ1v) is 7.58. The fraction of sp³-hybridized carbons (Fsp3) is 0.444. The molecule has 1 aromatic rings. The fourth-order valence-electron chi connectivity index (χ4n) is 4.96. The molecule has 4 rings (SSSR count). The van der Waals surface area contributed by atoms with Crippen molar-refractivity contribution in [3.63, 3.8) is 0 Å². The van der Waals surface area contributed by atoms with Crippen LogP contribution in [0.4, 0.5) is 0 Å². The summed E-state index contributed by atoms with van der Waals surface area (Å²) in [7, 11) is 0. The third kappa shape index (κ3) is 1.18. The maximum absolute atomic E-state index is 12.8. The van der Waals surface area contributed by atoms with Crippen LogP contribution in [0.1, 0.15) is 31.4 Å². The van der Waals surface area contributed by atoms with E-state index in [-0.39, 0.29) is 23.8 Å². The summed E-state index contributed by atoms with van der Waals surface area (Å²) < 4.78 is 5.22. The highest BCUT2D eigenvalue weighted by Gasteiger charge is 2.74. The number of benzene rings is 1. The smallest absolute Gasteiger partial charge is 0.326 e. The zero-order valence-corrected chi connectivity index (χ0v) is 12.3. The Morgan fingerprint density at radius 1 is 1.05 bits per heavy atom. The molecule has 3 nitrogen and oxygen atoms in total. The van der Waals surface area contributed by atoms with Gasteiger partial charge in [0.15, 0.2) is 0 Å². The van der Waals surface area contributed by atoms with Crippen LogP contribution in [0.5, 0.6) is 0 Å². The number of hydrogen-bond acceptors (Lipinski definition) is 3. The highest BCUT2D eigenvalue weighted by Crippen LogP contribution is 2.64. The molecule has 1 aliphatic heterocycles. The molecule has 2 aliphatic carbocycles. The summed E-state index contributed by atoms with van der Waals surface area (Å²) in [5.74, 6) is -0.704. The van der Waals surface area contributed by atoms with Gasteiger partial charge in [-0.25, -0.2) is 0 Å². The largest absolute Gasteiger partial charge is 0.392 e. The lowest BCUT2D eigenvalue weighted by Crippen LogP contribution is -2.59. The quantitative estimate of drug-likeness (QED) is 0.417. The minimum absolute atomic E-state index is 0.0148. The summed E-state index contributed by atoms with van der Waals surface area (Å²) >= 11 is 0. The van der Waals surface area contributed by atoms with E-state index >= 15 is 0 Å². The van der Waals surface area contributed by atoms with Crippen molar-refractivity contribution in [2.75, 3.05) is 0 Å². The number of aryl methyl sites for hydroxylation is 1. The van der Waals surface area contributed by atoms with Crippen molar-refractivity contribution >= 4 is 11.9 Å². The standard InChI is InChI=1S/C18H18O3/c1-11-7-8-12(2)18-14-6-4-3-5-13(14)9-10-17(11,18)15(19)21-16(18)20/h3-8,11-12H,9-10H2,1-2H3/t11-,12+,17-,18-/m1/s1. The average molecular weight is 282 g/mol. The summed E-state index contributed by atoms with van der Waals surface area (Å²) in [6, 6.07) is 8.03. The summed E-state index contributed by atoms with van der Waals surface area (Å²) in [4.78, 5) is 25.5. The number of rotatable bonds is 0.